The van der Waals surface area contributed by atoms with Crippen molar-refractivity contribution >= 4 is 17.4 Å². The number of hydrogen-bond acceptors (Lipinski definition) is 5. The molecule has 0 aliphatic rings. The first-order valence-corrected chi connectivity index (χ1v) is 5.39. The molecule has 3 N–H and O–H groups in total. The fraction of sp³-hybridized carbons (Fsp3) is 0.455. The van der Waals surface area contributed by atoms with Crippen molar-refractivity contribution in [2.24, 2.45) is 11.1 Å². The Morgan fingerprint density at radius 2 is 2.22 bits per heavy atom. The van der Waals surface area contributed by atoms with Gasteiger partial charge >= 0.3 is 5.69 Å². The van der Waals surface area contributed by atoms with Crippen LogP contribution in [0.1, 0.15) is 19.4 Å². The Kier molecular flexibility index (Phi) is 3.85. The summed E-state index contributed by atoms with van der Waals surface area (Å²) in [5, 5.41) is 13.7. The maximum Gasteiger partial charge on any atom is 0.311 e. The number of aryl methyl sites for hydroxylation is 1. The summed E-state index contributed by atoms with van der Waals surface area (Å²) >= 11 is 0. The topological polar surface area (TPSA) is 111 Å². The van der Waals surface area contributed by atoms with E-state index in [0.717, 1.165) is 0 Å². The van der Waals surface area contributed by atoms with E-state index in [2.05, 4.69) is 10.3 Å². The molecule has 0 fully saturated rings. The minimum absolute atomic E-state index is 0.115. The quantitative estimate of drug-likeness (QED) is 0.604. The van der Waals surface area contributed by atoms with Gasteiger partial charge in [0, 0.05) is 18.8 Å². The molecule has 1 aromatic heterocycles. The number of pyridine rings is 1. The lowest BCUT2D eigenvalue weighted by Gasteiger charge is -2.20. The minimum Gasteiger partial charge on any atom is -0.369 e. The van der Waals surface area contributed by atoms with Crippen LogP contribution in [-0.4, -0.2) is 22.4 Å². The van der Waals surface area contributed by atoms with Crippen LogP contribution in [0.25, 0.3) is 0 Å². The molecule has 1 rings (SSSR count). The van der Waals surface area contributed by atoms with E-state index in [1.165, 1.54) is 12.3 Å². The van der Waals surface area contributed by atoms with Gasteiger partial charge in [-0.3, -0.25) is 14.9 Å². The van der Waals surface area contributed by atoms with Crippen molar-refractivity contribution in [2.45, 2.75) is 20.8 Å². The summed E-state index contributed by atoms with van der Waals surface area (Å²) in [7, 11) is 0. The molecule has 0 bridgehead atoms. The normalized spacial score (nSPS) is 11.1. The lowest BCUT2D eigenvalue weighted by atomic mass is 9.93. The molecule has 0 aromatic carbocycles. The molecule has 0 unspecified atom stereocenters. The van der Waals surface area contributed by atoms with Crippen LogP contribution in [-0.2, 0) is 4.79 Å². The highest BCUT2D eigenvalue weighted by atomic mass is 16.6. The van der Waals surface area contributed by atoms with E-state index in [9.17, 15) is 14.9 Å². The molecule has 0 spiro atoms. The van der Waals surface area contributed by atoms with E-state index < -0.39 is 16.2 Å². The molecule has 0 radical (unpaired) electrons. The van der Waals surface area contributed by atoms with Crippen LogP contribution in [0.5, 0.6) is 0 Å². The van der Waals surface area contributed by atoms with E-state index >= 15 is 0 Å². The minimum atomic E-state index is -0.805. The molecule has 1 heterocycles. The number of carbonyl (C=O) groups excluding carboxylic acids is 1. The number of aromatic nitrogens is 1. The summed E-state index contributed by atoms with van der Waals surface area (Å²) in [5.74, 6) is -0.343. The van der Waals surface area contributed by atoms with Crippen molar-refractivity contribution in [2.75, 3.05) is 11.9 Å². The summed E-state index contributed by atoms with van der Waals surface area (Å²) in [6, 6.07) is 1.42. The average molecular weight is 252 g/mol. The Morgan fingerprint density at radius 1 is 1.61 bits per heavy atom. The first-order valence-electron chi connectivity index (χ1n) is 5.39. The zero-order chi connectivity index (χ0) is 13.9. The number of carbonyl (C=O) groups is 1. The molecule has 1 aromatic rings. The Balaban J connectivity index is 2.92. The Labute approximate surface area is 105 Å². The average Bonchev–Trinajstić information content (AvgIpc) is 2.27. The van der Waals surface area contributed by atoms with Crippen molar-refractivity contribution in [3.8, 4) is 0 Å². The Hall–Kier alpha value is -2.18. The van der Waals surface area contributed by atoms with Crippen molar-refractivity contribution in [1.82, 2.24) is 4.98 Å². The van der Waals surface area contributed by atoms with E-state index in [1.807, 2.05) is 0 Å². The van der Waals surface area contributed by atoms with Crippen LogP contribution >= 0.6 is 0 Å². The molecule has 7 heteroatoms. The third-order valence-electron chi connectivity index (χ3n) is 2.57. The van der Waals surface area contributed by atoms with Gasteiger partial charge in [0.25, 0.3) is 0 Å². The molecular formula is C11H16N4O3. The first-order chi connectivity index (χ1) is 8.24. The Morgan fingerprint density at radius 3 is 2.72 bits per heavy atom. The second-order valence-electron chi connectivity index (χ2n) is 4.74. The van der Waals surface area contributed by atoms with Gasteiger partial charge in [0.15, 0.2) is 0 Å². The molecule has 98 valence electrons. The van der Waals surface area contributed by atoms with Crippen LogP contribution in [0.15, 0.2) is 12.3 Å². The number of primary amides is 1. The number of nitrogens with two attached hydrogens (primary N) is 1. The van der Waals surface area contributed by atoms with Gasteiger partial charge in [-0.05, 0) is 26.3 Å². The highest BCUT2D eigenvalue weighted by Gasteiger charge is 2.26. The highest BCUT2D eigenvalue weighted by Crippen LogP contribution is 2.24. The molecule has 0 saturated heterocycles. The molecule has 0 aliphatic heterocycles. The van der Waals surface area contributed by atoms with Gasteiger partial charge in [-0.15, -0.1) is 0 Å². The number of hydrogen-bond donors (Lipinski definition) is 2. The van der Waals surface area contributed by atoms with E-state index in [1.54, 1.807) is 20.8 Å². The predicted molar refractivity (Wildman–Crippen MR) is 67.1 cm³/mol. The van der Waals surface area contributed by atoms with Gasteiger partial charge in [0.05, 0.1) is 10.3 Å². The first kappa shape index (κ1) is 13.9. The number of amides is 1. The standard InChI is InChI=1S/C11H16N4O3/c1-7-4-8(15(17)18)9(13-5-7)14-6-11(2,3)10(12)16/h4-5H,6H2,1-3H3,(H2,12,16)(H,13,14). The SMILES string of the molecule is Cc1cnc(NCC(C)(C)C(N)=O)c([N+](=O)[O-])c1. The van der Waals surface area contributed by atoms with Crippen molar-refractivity contribution in [3.63, 3.8) is 0 Å². The largest absolute Gasteiger partial charge is 0.369 e. The molecule has 1 amide bonds. The monoisotopic (exact) mass is 252 g/mol. The molecule has 0 saturated carbocycles. The number of nitro groups is 1. The maximum absolute atomic E-state index is 11.1. The summed E-state index contributed by atoms with van der Waals surface area (Å²) in [6.07, 6.45) is 1.52. The van der Waals surface area contributed by atoms with E-state index in [-0.39, 0.29) is 18.1 Å². The van der Waals surface area contributed by atoms with Crippen LogP contribution in [0, 0.1) is 22.5 Å². The lowest BCUT2D eigenvalue weighted by molar-refractivity contribution is -0.384. The maximum atomic E-state index is 11.1. The van der Waals surface area contributed by atoms with Crippen molar-refractivity contribution in [3.05, 3.63) is 27.9 Å². The number of rotatable bonds is 5. The van der Waals surface area contributed by atoms with Crippen molar-refractivity contribution in [1.29, 1.82) is 0 Å². The molecule has 7 nitrogen and oxygen atoms in total. The zero-order valence-corrected chi connectivity index (χ0v) is 10.6. The van der Waals surface area contributed by atoms with Crippen LogP contribution < -0.4 is 11.1 Å². The van der Waals surface area contributed by atoms with E-state index in [0.29, 0.717) is 5.56 Å². The third kappa shape index (κ3) is 3.16. The molecular weight excluding hydrogens is 236 g/mol. The summed E-state index contributed by atoms with van der Waals surface area (Å²) in [4.78, 5) is 25.5. The summed E-state index contributed by atoms with van der Waals surface area (Å²) < 4.78 is 0. The lowest BCUT2D eigenvalue weighted by Crippen LogP contribution is -2.37. The highest BCUT2D eigenvalue weighted by molar-refractivity contribution is 5.80. The van der Waals surface area contributed by atoms with E-state index in [4.69, 9.17) is 5.73 Å². The van der Waals surface area contributed by atoms with Crippen LogP contribution in [0.3, 0.4) is 0 Å². The number of nitrogens with one attached hydrogen (secondary N) is 1. The van der Waals surface area contributed by atoms with Crippen molar-refractivity contribution < 1.29 is 9.72 Å². The number of anilines is 1. The smallest absolute Gasteiger partial charge is 0.311 e. The van der Waals surface area contributed by atoms with Gasteiger partial charge in [-0.2, -0.15) is 0 Å². The zero-order valence-electron chi connectivity index (χ0n) is 10.6. The fourth-order valence-electron chi connectivity index (χ4n) is 1.22. The second kappa shape index (κ2) is 4.99. The van der Waals surface area contributed by atoms with Crippen LogP contribution in [0.2, 0.25) is 0 Å². The van der Waals surface area contributed by atoms with Crippen LogP contribution in [0.4, 0.5) is 11.5 Å². The predicted octanol–water partition coefficient (Wildman–Crippen LogP) is 1.22. The Bertz CT molecular complexity index is 485. The fourth-order valence-corrected chi connectivity index (χ4v) is 1.22. The van der Waals surface area contributed by atoms with Gasteiger partial charge in [-0.25, -0.2) is 4.98 Å². The molecule has 18 heavy (non-hydrogen) atoms. The summed E-state index contributed by atoms with van der Waals surface area (Å²) in [5.41, 5.74) is 5.00. The molecule has 0 atom stereocenters. The molecule has 0 aliphatic carbocycles. The van der Waals surface area contributed by atoms with Gasteiger partial charge in [0.1, 0.15) is 0 Å². The van der Waals surface area contributed by atoms with Gasteiger partial charge in [-0.1, -0.05) is 0 Å². The third-order valence-corrected chi connectivity index (χ3v) is 2.57. The van der Waals surface area contributed by atoms with Gasteiger partial charge in [0.2, 0.25) is 11.7 Å². The second-order valence-corrected chi connectivity index (χ2v) is 4.74. The summed E-state index contributed by atoms with van der Waals surface area (Å²) in [6.45, 7) is 5.21. The van der Waals surface area contributed by atoms with Gasteiger partial charge < -0.3 is 11.1 Å². The number of nitrogens with zero attached hydrogens (tertiary/aromatic N) is 2.